The summed E-state index contributed by atoms with van der Waals surface area (Å²) in [5.74, 6) is -1.02. The Morgan fingerprint density at radius 2 is 1.84 bits per heavy atom. The highest BCUT2D eigenvalue weighted by Crippen LogP contribution is 2.08. The lowest BCUT2D eigenvalue weighted by atomic mass is 10.0. The largest absolute Gasteiger partial charge is 0.480 e. The van der Waals surface area contributed by atoms with E-state index in [0.717, 1.165) is 9.13 Å². The van der Waals surface area contributed by atoms with E-state index >= 15 is 0 Å². The van der Waals surface area contributed by atoms with Gasteiger partial charge in [0.2, 0.25) is 5.91 Å². The van der Waals surface area contributed by atoms with Crippen molar-refractivity contribution in [2.45, 2.75) is 32.7 Å². The van der Waals surface area contributed by atoms with Crippen LogP contribution in [0.2, 0.25) is 0 Å². The highest BCUT2D eigenvalue weighted by molar-refractivity contribution is 14.1. The van der Waals surface area contributed by atoms with Crippen molar-refractivity contribution in [2.75, 3.05) is 0 Å². The van der Waals surface area contributed by atoms with Crippen molar-refractivity contribution in [3.8, 4) is 0 Å². The fourth-order valence-electron chi connectivity index (χ4n) is 1.73. The standard InChI is InChI=1S/C14H18INO3/c1-9(2)7-12(14(18)19)16-13(17)8-10-3-5-11(15)6-4-10/h3-6,9,12H,7-8H2,1-2H3,(H,16,17)(H,18,19). The van der Waals surface area contributed by atoms with Gasteiger partial charge in [0.15, 0.2) is 0 Å². The monoisotopic (exact) mass is 375 g/mol. The molecule has 5 heteroatoms. The SMILES string of the molecule is CC(C)CC(NC(=O)Cc1ccc(I)cc1)C(=O)O. The molecule has 0 saturated carbocycles. The van der Waals surface area contributed by atoms with Crippen molar-refractivity contribution in [2.24, 2.45) is 5.92 Å². The molecule has 19 heavy (non-hydrogen) atoms. The van der Waals surface area contributed by atoms with Crippen molar-refractivity contribution in [1.29, 1.82) is 0 Å². The van der Waals surface area contributed by atoms with E-state index in [1.165, 1.54) is 0 Å². The molecule has 1 atom stereocenters. The number of carbonyl (C=O) groups is 2. The first-order valence-electron chi connectivity index (χ1n) is 6.15. The van der Waals surface area contributed by atoms with E-state index in [2.05, 4.69) is 27.9 Å². The van der Waals surface area contributed by atoms with Gasteiger partial charge < -0.3 is 10.4 Å². The predicted molar refractivity (Wildman–Crippen MR) is 81.9 cm³/mol. The highest BCUT2D eigenvalue weighted by Gasteiger charge is 2.20. The molecule has 0 bridgehead atoms. The molecular formula is C14H18INO3. The van der Waals surface area contributed by atoms with Crippen molar-refractivity contribution in [3.05, 3.63) is 33.4 Å². The Morgan fingerprint density at radius 1 is 1.26 bits per heavy atom. The van der Waals surface area contributed by atoms with E-state index in [4.69, 9.17) is 5.11 Å². The van der Waals surface area contributed by atoms with E-state index < -0.39 is 12.0 Å². The molecule has 1 unspecified atom stereocenters. The third-order valence-electron chi connectivity index (χ3n) is 2.62. The number of carboxylic acids is 1. The van der Waals surface area contributed by atoms with Crippen LogP contribution in [0.15, 0.2) is 24.3 Å². The van der Waals surface area contributed by atoms with Crippen LogP contribution in [-0.2, 0) is 16.0 Å². The quantitative estimate of drug-likeness (QED) is 0.751. The Kier molecular flexibility index (Phi) is 6.27. The molecule has 0 fully saturated rings. The first-order chi connectivity index (χ1) is 8.88. The second-order valence-electron chi connectivity index (χ2n) is 4.89. The lowest BCUT2D eigenvalue weighted by molar-refractivity contribution is -0.142. The number of halogens is 1. The van der Waals surface area contributed by atoms with Crippen LogP contribution in [0.25, 0.3) is 0 Å². The van der Waals surface area contributed by atoms with Gasteiger partial charge in [0.1, 0.15) is 6.04 Å². The molecule has 0 heterocycles. The summed E-state index contributed by atoms with van der Waals surface area (Å²) in [5.41, 5.74) is 0.881. The third kappa shape index (κ3) is 6.04. The zero-order valence-corrected chi connectivity index (χ0v) is 13.2. The third-order valence-corrected chi connectivity index (χ3v) is 3.34. The smallest absolute Gasteiger partial charge is 0.326 e. The van der Waals surface area contributed by atoms with Crippen LogP contribution in [0.5, 0.6) is 0 Å². The maximum atomic E-state index is 11.8. The molecule has 2 N–H and O–H groups in total. The number of aliphatic carboxylic acids is 1. The van der Waals surface area contributed by atoms with Gasteiger partial charge in [-0.2, -0.15) is 0 Å². The van der Waals surface area contributed by atoms with Crippen LogP contribution in [-0.4, -0.2) is 23.0 Å². The molecule has 1 aromatic rings. The van der Waals surface area contributed by atoms with Crippen molar-refractivity contribution in [3.63, 3.8) is 0 Å². The molecule has 0 aromatic heterocycles. The number of amides is 1. The fraction of sp³-hybridized carbons (Fsp3) is 0.429. The Bertz CT molecular complexity index is 443. The van der Waals surface area contributed by atoms with Crippen LogP contribution in [0.4, 0.5) is 0 Å². The number of nitrogens with one attached hydrogen (secondary N) is 1. The summed E-state index contributed by atoms with van der Waals surface area (Å²) < 4.78 is 1.10. The van der Waals surface area contributed by atoms with Crippen LogP contribution in [0, 0.1) is 9.49 Å². The van der Waals surface area contributed by atoms with E-state index in [0.29, 0.717) is 6.42 Å². The second-order valence-corrected chi connectivity index (χ2v) is 6.14. The summed E-state index contributed by atoms with van der Waals surface area (Å²) in [6, 6.07) is 6.79. The number of rotatable bonds is 6. The summed E-state index contributed by atoms with van der Waals surface area (Å²) in [6.07, 6.45) is 0.645. The first kappa shape index (κ1) is 15.9. The van der Waals surface area contributed by atoms with Gasteiger partial charge in [-0.05, 0) is 52.6 Å². The molecule has 0 aliphatic rings. The van der Waals surface area contributed by atoms with Gasteiger partial charge in [-0.3, -0.25) is 4.79 Å². The molecule has 1 amide bonds. The average Bonchev–Trinajstić information content (AvgIpc) is 2.30. The maximum absolute atomic E-state index is 11.8. The van der Waals surface area contributed by atoms with Crippen molar-refractivity contribution in [1.82, 2.24) is 5.32 Å². The lowest BCUT2D eigenvalue weighted by Crippen LogP contribution is -2.42. The van der Waals surface area contributed by atoms with Gasteiger partial charge in [-0.25, -0.2) is 4.79 Å². The minimum Gasteiger partial charge on any atom is -0.480 e. The van der Waals surface area contributed by atoms with E-state index in [9.17, 15) is 9.59 Å². The molecule has 1 rings (SSSR count). The van der Waals surface area contributed by atoms with Gasteiger partial charge in [0.25, 0.3) is 0 Å². The van der Waals surface area contributed by atoms with E-state index in [1.807, 2.05) is 38.1 Å². The van der Waals surface area contributed by atoms with Gasteiger partial charge in [0.05, 0.1) is 6.42 Å². The molecule has 0 aliphatic carbocycles. The van der Waals surface area contributed by atoms with Crippen LogP contribution >= 0.6 is 22.6 Å². The minimum absolute atomic E-state index is 0.207. The summed E-state index contributed by atoms with van der Waals surface area (Å²) >= 11 is 2.19. The molecule has 4 nitrogen and oxygen atoms in total. The van der Waals surface area contributed by atoms with Crippen molar-refractivity contribution < 1.29 is 14.7 Å². The summed E-state index contributed by atoms with van der Waals surface area (Å²) in [7, 11) is 0. The molecular weight excluding hydrogens is 357 g/mol. The topological polar surface area (TPSA) is 66.4 Å². The Morgan fingerprint density at radius 3 is 2.32 bits per heavy atom. The normalized spacial score (nSPS) is 12.2. The lowest BCUT2D eigenvalue weighted by Gasteiger charge is -2.16. The summed E-state index contributed by atoms with van der Waals surface area (Å²) in [5, 5.41) is 11.6. The predicted octanol–water partition coefficient (Wildman–Crippen LogP) is 2.45. The number of hydrogen-bond acceptors (Lipinski definition) is 2. The summed E-state index contributed by atoms with van der Waals surface area (Å²) in [6.45, 7) is 3.86. The van der Waals surface area contributed by atoms with Gasteiger partial charge in [-0.15, -0.1) is 0 Å². The Balaban J connectivity index is 2.57. The average molecular weight is 375 g/mol. The molecule has 104 valence electrons. The zero-order chi connectivity index (χ0) is 14.4. The van der Waals surface area contributed by atoms with Gasteiger partial charge >= 0.3 is 5.97 Å². The van der Waals surface area contributed by atoms with E-state index in [-0.39, 0.29) is 18.2 Å². The Hall–Kier alpha value is -1.11. The van der Waals surface area contributed by atoms with Crippen LogP contribution in [0.3, 0.4) is 0 Å². The minimum atomic E-state index is -0.982. The number of carbonyl (C=O) groups excluding carboxylic acids is 1. The van der Waals surface area contributed by atoms with Crippen molar-refractivity contribution >= 4 is 34.5 Å². The van der Waals surface area contributed by atoms with Crippen LogP contribution in [0.1, 0.15) is 25.8 Å². The Labute approximate surface area is 126 Å². The molecule has 1 aromatic carbocycles. The summed E-state index contributed by atoms with van der Waals surface area (Å²) in [4.78, 5) is 22.9. The van der Waals surface area contributed by atoms with E-state index in [1.54, 1.807) is 0 Å². The molecule has 0 radical (unpaired) electrons. The fourth-order valence-corrected chi connectivity index (χ4v) is 2.09. The molecule has 0 aliphatic heterocycles. The first-order valence-corrected chi connectivity index (χ1v) is 7.23. The molecule has 0 spiro atoms. The highest BCUT2D eigenvalue weighted by atomic mass is 127. The number of carboxylic acid groups (broad SMARTS) is 1. The van der Waals surface area contributed by atoms with Gasteiger partial charge in [-0.1, -0.05) is 26.0 Å². The number of hydrogen-bond donors (Lipinski definition) is 2. The zero-order valence-electron chi connectivity index (χ0n) is 11.0. The maximum Gasteiger partial charge on any atom is 0.326 e. The molecule has 0 saturated heterocycles. The second kappa shape index (κ2) is 7.47. The van der Waals surface area contributed by atoms with Gasteiger partial charge in [0, 0.05) is 3.57 Å². The number of benzene rings is 1. The van der Waals surface area contributed by atoms with Crippen LogP contribution < -0.4 is 5.32 Å².